The van der Waals surface area contributed by atoms with Crippen molar-refractivity contribution in [1.82, 2.24) is 10.6 Å². The summed E-state index contributed by atoms with van der Waals surface area (Å²) in [5.74, 6) is 0. The number of thiocarbonyl (C=S) groups is 1. The summed E-state index contributed by atoms with van der Waals surface area (Å²) in [5, 5.41) is 6.91. The predicted octanol–water partition coefficient (Wildman–Crippen LogP) is 0.261. The Morgan fingerprint density at radius 2 is 1.91 bits per heavy atom. The highest BCUT2D eigenvalue weighted by Crippen LogP contribution is 1.89. The number of nitrogens with one attached hydrogen (secondary N) is 2. The molecule has 1 aliphatic heterocycles. The average Bonchev–Trinajstić information content (AvgIpc) is 2.03. The molecule has 0 unspecified atom stereocenters. The van der Waals surface area contributed by atoms with E-state index in [4.69, 9.17) is 17.0 Å². The third kappa shape index (κ3) is 4.16. The van der Waals surface area contributed by atoms with Crippen LogP contribution in [0.5, 0.6) is 0 Å². The molecule has 1 fully saturated rings. The molecular weight excluding hydrogens is 160 g/mol. The minimum atomic E-state index is 0.746. The van der Waals surface area contributed by atoms with Crippen molar-refractivity contribution in [3.63, 3.8) is 0 Å². The van der Waals surface area contributed by atoms with Crippen LogP contribution < -0.4 is 10.6 Å². The highest BCUT2D eigenvalue weighted by atomic mass is 32.1. The Morgan fingerprint density at radius 3 is 2.82 bits per heavy atom. The number of hydrogen-bond acceptors (Lipinski definition) is 2. The minimum Gasteiger partial charge on any atom is -0.380 e. The summed E-state index contributed by atoms with van der Waals surface area (Å²) in [4.78, 5) is 0. The zero-order valence-corrected chi connectivity index (χ0v) is 7.38. The maximum Gasteiger partial charge on any atom is 0.166 e. The minimum absolute atomic E-state index is 0.746. The van der Waals surface area contributed by atoms with Gasteiger partial charge in [-0.1, -0.05) is 0 Å². The van der Waals surface area contributed by atoms with Gasteiger partial charge in [0.05, 0.1) is 6.61 Å². The van der Waals surface area contributed by atoms with Gasteiger partial charge in [0.2, 0.25) is 0 Å². The summed E-state index contributed by atoms with van der Waals surface area (Å²) in [6.45, 7) is 3.39. The third-order valence-corrected chi connectivity index (χ3v) is 1.82. The van der Waals surface area contributed by atoms with E-state index < -0.39 is 0 Å². The van der Waals surface area contributed by atoms with E-state index in [2.05, 4.69) is 10.6 Å². The van der Waals surface area contributed by atoms with Crippen molar-refractivity contribution in [3.05, 3.63) is 0 Å². The highest BCUT2D eigenvalue weighted by Gasteiger charge is 1.97. The Hall–Kier alpha value is -0.350. The Morgan fingerprint density at radius 1 is 1.09 bits per heavy atom. The topological polar surface area (TPSA) is 33.3 Å². The van der Waals surface area contributed by atoms with Crippen LogP contribution >= 0.6 is 12.2 Å². The summed E-state index contributed by atoms with van der Waals surface area (Å²) in [6.07, 6.45) is 2.25. The maximum atomic E-state index is 5.31. The van der Waals surface area contributed by atoms with Gasteiger partial charge in [0.1, 0.15) is 0 Å². The van der Waals surface area contributed by atoms with Crippen molar-refractivity contribution in [2.24, 2.45) is 0 Å². The van der Waals surface area contributed by atoms with Gasteiger partial charge in [-0.05, 0) is 25.1 Å². The normalized spacial score (nSPS) is 21.6. The standard InChI is InChI=1S/C7H14N2OS/c11-7-8-3-1-2-5-10-6-4-9-7/h1-6H2,(H2,8,9,11). The lowest BCUT2D eigenvalue weighted by molar-refractivity contribution is 0.134. The molecule has 0 saturated carbocycles. The molecule has 0 spiro atoms. The molecule has 11 heavy (non-hydrogen) atoms. The second kappa shape index (κ2) is 5.32. The van der Waals surface area contributed by atoms with Gasteiger partial charge >= 0.3 is 0 Å². The van der Waals surface area contributed by atoms with Crippen LogP contribution in [0, 0.1) is 0 Å². The fourth-order valence-corrected chi connectivity index (χ4v) is 1.14. The second-order valence-corrected chi connectivity index (χ2v) is 2.91. The van der Waals surface area contributed by atoms with E-state index >= 15 is 0 Å². The van der Waals surface area contributed by atoms with Crippen molar-refractivity contribution in [2.75, 3.05) is 26.3 Å². The van der Waals surface area contributed by atoms with Crippen molar-refractivity contribution in [2.45, 2.75) is 12.8 Å². The fraction of sp³-hybridized carbons (Fsp3) is 0.857. The number of rotatable bonds is 0. The number of hydrogen-bond donors (Lipinski definition) is 2. The number of ether oxygens (including phenoxy) is 1. The maximum absolute atomic E-state index is 5.31. The molecule has 0 aromatic carbocycles. The van der Waals surface area contributed by atoms with Crippen molar-refractivity contribution < 1.29 is 4.74 Å². The van der Waals surface area contributed by atoms with Crippen molar-refractivity contribution in [3.8, 4) is 0 Å². The lowest BCUT2D eigenvalue weighted by atomic mass is 10.3. The lowest BCUT2D eigenvalue weighted by Crippen LogP contribution is -2.38. The molecule has 1 aliphatic rings. The third-order valence-electron chi connectivity index (χ3n) is 1.53. The van der Waals surface area contributed by atoms with Crippen LogP contribution in [0.2, 0.25) is 0 Å². The van der Waals surface area contributed by atoms with Crippen LogP contribution in [0.15, 0.2) is 0 Å². The van der Waals surface area contributed by atoms with Gasteiger partial charge in [0.25, 0.3) is 0 Å². The molecule has 1 heterocycles. The van der Waals surface area contributed by atoms with Gasteiger partial charge in [0.15, 0.2) is 5.11 Å². The first kappa shape index (κ1) is 8.74. The molecule has 1 rings (SSSR count). The predicted molar refractivity (Wildman–Crippen MR) is 48.7 cm³/mol. The largest absolute Gasteiger partial charge is 0.380 e. The summed E-state index contributed by atoms with van der Waals surface area (Å²) >= 11 is 4.98. The van der Waals surface area contributed by atoms with Crippen LogP contribution in [-0.2, 0) is 4.74 Å². The van der Waals surface area contributed by atoms with E-state index in [0.717, 1.165) is 44.3 Å². The van der Waals surface area contributed by atoms with E-state index in [-0.39, 0.29) is 0 Å². The van der Waals surface area contributed by atoms with E-state index in [1.54, 1.807) is 0 Å². The first-order valence-electron chi connectivity index (χ1n) is 3.99. The molecular formula is C7H14N2OS. The zero-order chi connectivity index (χ0) is 7.94. The van der Waals surface area contributed by atoms with Gasteiger partial charge < -0.3 is 15.4 Å². The SMILES string of the molecule is S=C1NCCCCOCCN1. The molecule has 0 bridgehead atoms. The second-order valence-electron chi connectivity index (χ2n) is 2.50. The van der Waals surface area contributed by atoms with E-state index in [0.29, 0.717) is 0 Å². The van der Waals surface area contributed by atoms with Crippen LogP contribution in [-0.4, -0.2) is 31.4 Å². The zero-order valence-electron chi connectivity index (χ0n) is 6.56. The summed E-state index contributed by atoms with van der Waals surface area (Å²) in [7, 11) is 0. The quantitative estimate of drug-likeness (QED) is 0.516. The van der Waals surface area contributed by atoms with E-state index in [1.165, 1.54) is 0 Å². The van der Waals surface area contributed by atoms with Gasteiger partial charge in [-0.25, -0.2) is 0 Å². The van der Waals surface area contributed by atoms with Gasteiger partial charge in [0, 0.05) is 19.7 Å². The Bertz CT molecular complexity index is 118. The summed E-state index contributed by atoms with van der Waals surface area (Å²) in [6, 6.07) is 0. The molecule has 0 aromatic heterocycles. The van der Waals surface area contributed by atoms with Crippen LogP contribution in [0.4, 0.5) is 0 Å². The average molecular weight is 174 g/mol. The molecule has 0 aliphatic carbocycles. The van der Waals surface area contributed by atoms with Gasteiger partial charge in [-0.2, -0.15) is 0 Å². The molecule has 2 N–H and O–H groups in total. The molecule has 64 valence electrons. The van der Waals surface area contributed by atoms with Crippen LogP contribution in [0.25, 0.3) is 0 Å². The Labute approximate surface area is 72.5 Å². The van der Waals surface area contributed by atoms with Gasteiger partial charge in [-0.15, -0.1) is 0 Å². The first-order chi connectivity index (χ1) is 5.39. The smallest absolute Gasteiger partial charge is 0.166 e. The first-order valence-corrected chi connectivity index (χ1v) is 4.40. The molecule has 4 heteroatoms. The molecule has 0 atom stereocenters. The van der Waals surface area contributed by atoms with Crippen molar-refractivity contribution >= 4 is 17.3 Å². The Balaban J connectivity index is 2.17. The van der Waals surface area contributed by atoms with Gasteiger partial charge in [-0.3, -0.25) is 0 Å². The fourth-order valence-electron chi connectivity index (χ4n) is 0.932. The van der Waals surface area contributed by atoms with Crippen LogP contribution in [0.1, 0.15) is 12.8 Å². The molecule has 0 radical (unpaired) electrons. The lowest BCUT2D eigenvalue weighted by Gasteiger charge is -2.12. The monoisotopic (exact) mass is 174 g/mol. The summed E-state index contributed by atoms with van der Waals surface area (Å²) < 4.78 is 5.31. The van der Waals surface area contributed by atoms with E-state index in [9.17, 15) is 0 Å². The molecule has 1 saturated heterocycles. The van der Waals surface area contributed by atoms with Crippen LogP contribution in [0.3, 0.4) is 0 Å². The molecule has 3 nitrogen and oxygen atoms in total. The van der Waals surface area contributed by atoms with E-state index in [1.807, 2.05) is 0 Å². The Kier molecular flexibility index (Phi) is 4.23. The highest BCUT2D eigenvalue weighted by molar-refractivity contribution is 7.80. The molecule has 0 amide bonds. The summed E-state index contributed by atoms with van der Waals surface area (Å²) in [5.41, 5.74) is 0. The molecule has 0 aromatic rings. The van der Waals surface area contributed by atoms with Crippen molar-refractivity contribution in [1.29, 1.82) is 0 Å².